The molecular weight excluding hydrogens is 302 g/mol. The molecule has 0 saturated carbocycles. The summed E-state index contributed by atoms with van der Waals surface area (Å²) < 4.78 is 10.8. The normalized spacial score (nSPS) is 13.0. The maximum absolute atomic E-state index is 5.42. The molecule has 126 valence electrons. The number of nitrogens with one attached hydrogen (secondary N) is 1. The Hall–Kier alpha value is -2.69. The second kappa shape index (κ2) is 7.73. The van der Waals surface area contributed by atoms with E-state index in [2.05, 4.69) is 28.5 Å². The predicted octanol–water partition coefficient (Wildman–Crippen LogP) is 2.67. The van der Waals surface area contributed by atoms with Crippen LogP contribution in [0.1, 0.15) is 11.1 Å². The van der Waals surface area contributed by atoms with Gasteiger partial charge in [0.1, 0.15) is 0 Å². The van der Waals surface area contributed by atoms with E-state index < -0.39 is 0 Å². The lowest BCUT2D eigenvalue weighted by molar-refractivity contribution is 0.174. The summed E-state index contributed by atoms with van der Waals surface area (Å²) in [4.78, 5) is 6.67. The van der Waals surface area contributed by atoms with E-state index in [4.69, 9.17) is 9.47 Å². The van der Waals surface area contributed by atoms with Crippen LogP contribution < -0.4 is 14.8 Å². The number of ether oxygens (including phenoxy) is 2. The van der Waals surface area contributed by atoms with Crippen LogP contribution in [-0.2, 0) is 13.0 Å². The van der Waals surface area contributed by atoms with Gasteiger partial charge in [-0.2, -0.15) is 0 Å². The first-order chi connectivity index (χ1) is 11.7. The van der Waals surface area contributed by atoms with Crippen LogP contribution in [0, 0.1) is 0 Å². The van der Waals surface area contributed by atoms with Crippen molar-refractivity contribution in [2.24, 2.45) is 4.99 Å². The Bertz CT molecular complexity index is 699. The molecule has 0 atom stereocenters. The van der Waals surface area contributed by atoms with Crippen molar-refractivity contribution in [3.8, 4) is 11.5 Å². The number of nitrogens with zero attached hydrogens (tertiary/aromatic N) is 2. The first-order valence-corrected chi connectivity index (χ1v) is 8.10. The monoisotopic (exact) mass is 325 g/mol. The van der Waals surface area contributed by atoms with Crippen LogP contribution >= 0.6 is 0 Å². The maximum atomic E-state index is 5.42. The standard InChI is InChI=1S/C19H23N3O2/c1-22(2)19(21-13-16-6-4-3-5-7-16)20-11-10-15-8-9-17-18(12-15)24-14-23-17/h3-9,12H,10-11,13-14H2,1-2H3,(H,20,21). The van der Waals surface area contributed by atoms with Crippen molar-refractivity contribution >= 4 is 5.96 Å². The van der Waals surface area contributed by atoms with E-state index in [0.29, 0.717) is 13.3 Å². The number of fused-ring (bicyclic) bond motifs is 1. The minimum Gasteiger partial charge on any atom is -0.454 e. The molecule has 0 amide bonds. The van der Waals surface area contributed by atoms with Gasteiger partial charge in [0.05, 0.1) is 6.54 Å². The lowest BCUT2D eigenvalue weighted by Crippen LogP contribution is -2.37. The van der Waals surface area contributed by atoms with Crippen molar-refractivity contribution in [2.75, 3.05) is 27.4 Å². The van der Waals surface area contributed by atoms with Gasteiger partial charge in [-0.1, -0.05) is 36.4 Å². The molecule has 0 fully saturated rings. The molecule has 5 heteroatoms. The fourth-order valence-electron chi connectivity index (χ4n) is 2.52. The molecule has 3 rings (SSSR count). The molecule has 24 heavy (non-hydrogen) atoms. The largest absolute Gasteiger partial charge is 0.454 e. The van der Waals surface area contributed by atoms with Crippen molar-refractivity contribution in [2.45, 2.75) is 13.0 Å². The minimum absolute atomic E-state index is 0.313. The van der Waals surface area contributed by atoms with Crippen LogP contribution in [0.3, 0.4) is 0 Å². The topological polar surface area (TPSA) is 46.1 Å². The van der Waals surface area contributed by atoms with Gasteiger partial charge in [-0.25, -0.2) is 4.99 Å². The van der Waals surface area contributed by atoms with Gasteiger partial charge in [0.15, 0.2) is 17.5 Å². The smallest absolute Gasteiger partial charge is 0.231 e. The SMILES string of the molecule is CN(C)C(=NCc1ccccc1)NCCc1ccc2c(c1)OCO2. The summed E-state index contributed by atoms with van der Waals surface area (Å²) in [6, 6.07) is 16.3. The Morgan fingerprint density at radius 2 is 1.83 bits per heavy atom. The van der Waals surface area contributed by atoms with Crippen molar-refractivity contribution in [3.05, 3.63) is 59.7 Å². The van der Waals surface area contributed by atoms with E-state index in [1.807, 2.05) is 49.3 Å². The molecule has 1 aliphatic rings. The average Bonchev–Trinajstić information content (AvgIpc) is 3.06. The van der Waals surface area contributed by atoms with Crippen molar-refractivity contribution in [1.82, 2.24) is 10.2 Å². The summed E-state index contributed by atoms with van der Waals surface area (Å²) in [7, 11) is 3.99. The second-order valence-corrected chi connectivity index (χ2v) is 5.88. The summed E-state index contributed by atoms with van der Waals surface area (Å²) in [5.74, 6) is 2.54. The van der Waals surface area contributed by atoms with Gasteiger partial charge in [0, 0.05) is 20.6 Å². The molecule has 1 heterocycles. The zero-order chi connectivity index (χ0) is 16.8. The van der Waals surface area contributed by atoms with Crippen LogP contribution in [0.25, 0.3) is 0 Å². The van der Waals surface area contributed by atoms with Gasteiger partial charge in [-0.15, -0.1) is 0 Å². The van der Waals surface area contributed by atoms with Gasteiger partial charge in [-0.05, 0) is 29.7 Å². The van der Waals surface area contributed by atoms with E-state index >= 15 is 0 Å². The molecule has 0 aromatic heterocycles. The number of benzene rings is 2. The van der Waals surface area contributed by atoms with Crippen molar-refractivity contribution in [1.29, 1.82) is 0 Å². The summed E-state index contributed by atoms with van der Waals surface area (Å²) in [6.07, 6.45) is 0.898. The molecular formula is C19H23N3O2. The third-order valence-electron chi connectivity index (χ3n) is 3.81. The van der Waals surface area contributed by atoms with E-state index in [9.17, 15) is 0 Å². The molecule has 0 bridgehead atoms. The fourth-order valence-corrected chi connectivity index (χ4v) is 2.52. The first-order valence-electron chi connectivity index (χ1n) is 8.10. The predicted molar refractivity (Wildman–Crippen MR) is 95.5 cm³/mol. The molecule has 0 unspecified atom stereocenters. The lowest BCUT2D eigenvalue weighted by Gasteiger charge is -2.17. The second-order valence-electron chi connectivity index (χ2n) is 5.88. The van der Waals surface area contributed by atoms with Gasteiger partial charge in [0.25, 0.3) is 0 Å². The van der Waals surface area contributed by atoms with Crippen LogP contribution in [0.2, 0.25) is 0 Å². The van der Waals surface area contributed by atoms with Gasteiger partial charge in [-0.3, -0.25) is 0 Å². The molecule has 2 aromatic rings. The number of aliphatic imine (C=N–C) groups is 1. The fraction of sp³-hybridized carbons (Fsp3) is 0.316. The molecule has 1 N–H and O–H groups in total. The quantitative estimate of drug-likeness (QED) is 0.678. The highest BCUT2D eigenvalue weighted by atomic mass is 16.7. The van der Waals surface area contributed by atoms with Crippen LogP contribution in [0.5, 0.6) is 11.5 Å². The van der Waals surface area contributed by atoms with Crippen LogP contribution in [-0.4, -0.2) is 38.3 Å². The minimum atomic E-state index is 0.313. The number of hydrogen-bond acceptors (Lipinski definition) is 3. The molecule has 2 aromatic carbocycles. The van der Waals surface area contributed by atoms with E-state index in [-0.39, 0.29) is 0 Å². The summed E-state index contributed by atoms with van der Waals surface area (Å²) in [5, 5.41) is 3.41. The number of rotatable bonds is 5. The highest BCUT2D eigenvalue weighted by Crippen LogP contribution is 2.32. The number of guanidine groups is 1. The maximum Gasteiger partial charge on any atom is 0.231 e. The van der Waals surface area contributed by atoms with Gasteiger partial charge in [0.2, 0.25) is 6.79 Å². The Kier molecular flexibility index (Phi) is 5.21. The molecule has 0 saturated heterocycles. The van der Waals surface area contributed by atoms with E-state index in [1.165, 1.54) is 11.1 Å². The van der Waals surface area contributed by atoms with Gasteiger partial charge < -0.3 is 19.7 Å². The molecule has 0 spiro atoms. The summed E-state index contributed by atoms with van der Waals surface area (Å²) >= 11 is 0. The third-order valence-corrected chi connectivity index (χ3v) is 3.81. The zero-order valence-electron chi connectivity index (χ0n) is 14.2. The van der Waals surface area contributed by atoms with E-state index in [1.54, 1.807) is 0 Å². The number of hydrogen-bond donors (Lipinski definition) is 1. The Labute approximate surface area is 142 Å². The molecule has 0 radical (unpaired) electrons. The van der Waals surface area contributed by atoms with E-state index in [0.717, 1.165) is 30.4 Å². The van der Waals surface area contributed by atoms with Gasteiger partial charge >= 0.3 is 0 Å². The Balaban J connectivity index is 1.54. The van der Waals surface area contributed by atoms with Crippen molar-refractivity contribution in [3.63, 3.8) is 0 Å². The average molecular weight is 325 g/mol. The highest BCUT2D eigenvalue weighted by molar-refractivity contribution is 5.79. The summed E-state index contributed by atoms with van der Waals surface area (Å²) in [5.41, 5.74) is 2.42. The first kappa shape index (κ1) is 16.2. The Morgan fingerprint density at radius 1 is 1.04 bits per heavy atom. The van der Waals surface area contributed by atoms with Crippen LogP contribution in [0.15, 0.2) is 53.5 Å². The molecule has 5 nitrogen and oxygen atoms in total. The lowest BCUT2D eigenvalue weighted by atomic mass is 10.1. The highest BCUT2D eigenvalue weighted by Gasteiger charge is 2.13. The molecule has 0 aliphatic carbocycles. The summed E-state index contributed by atoms with van der Waals surface area (Å²) in [6.45, 7) is 1.80. The van der Waals surface area contributed by atoms with Crippen LogP contribution in [0.4, 0.5) is 0 Å². The zero-order valence-corrected chi connectivity index (χ0v) is 14.2. The Morgan fingerprint density at radius 3 is 2.62 bits per heavy atom. The molecule has 1 aliphatic heterocycles. The van der Waals surface area contributed by atoms with Crippen molar-refractivity contribution < 1.29 is 9.47 Å². The third kappa shape index (κ3) is 4.19.